The second-order valence-electron chi connectivity index (χ2n) is 7.79. The van der Waals surface area contributed by atoms with E-state index in [4.69, 9.17) is 15.6 Å². The maximum absolute atomic E-state index is 12.7. The van der Waals surface area contributed by atoms with Crippen LogP contribution in [0.4, 0.5) is 0 Å². The van der Waals surface area contributed by atoms with Gasteiger partial charge in [-0.3, -0.25) is 4.79 Å². The van der Waals surface area contributed by atoms with Crippen molar-refractivity contribution >= 4 is 5.91 Å². The van der Waals surface area contributed by atoms with Crippen molar-refractivity contribution in [2.75, 3.05) is 19.8 Å². The minimum atomic E-state index is -0.826. The summed E-state index contributed by atoms with van der Waals surface area (Å²) in [5.74, 6) is 0.0951. The van der Waals surface area contributed by atoms with E-state index in [1.807, 2.05) is 13.8 Å². The van der Waals surface area contributed by atoms with Gasteiger partial charge < -0.3 is 20.9 Å². The van der Waals surface area contributed by atoms with Crippen LogP contribution in [-0.2, 0) is 9.53 Å². The summed E-state index contributed by atoms with van der Waals surface area (Å²) in [5, 5.41) is 12.2. The van der Waals surface area contributed by atoms with E-state index in [1.165, 1.54) is 0 Å². The highest BCUT2D eigenvalue weighted by Gasteiger charge is 2.70. The van der Waals surface area contributed by atoms with Gasteiger partial charge in [0.2, 0.25) is 5.91 Å². The molecule has 1 amide bonds. The number of aliphatic hydroxyl groups is 1. The molecule has 1 aliphatic heterocycles. The highest BCUT2D eigenvalue weighted by atomic mass is 16.5. The van der Waals surface area contributed by atoms with Crippen molar-refractivity contribution in [3.63, 3.8) is 0 Å². The van der Waals surface area contributed by atoms with Gasteiger partial charge in [-0.2, -0.15) is 0 Å². The average molecular weight is 296 g/mol. The van der Waals surface area contributed by atoms with Gasteiger partial charge in [-0.1, -0.05) is 13.8 Å². The minimum Gasteiger partial charge on any atom is -0.396 e. The smallest absolute Gasteiger partial charge is 0.241 e. The van der Waals surface area contributed by atoms with Gasteiger partial charge in [0.25, 0.3) is 0 Å². The van der Waals surface area contributed by atoms with E-state index in [0.717, 1.165) is 38.7 Å². The monoisotopic (exact) mass is 296 g/mol. The Balaban J connectivity index is 1.66. The molecule has 4 N–H and O–H groups in total. The molecule has 3 atom stereocenters. The second-order valence-corrected chi connectivity index (χ2v) is 7.79. The maximum Gasteiger partial charge on any atom is 0.241 e. The highest BCUT2D eigenvalue weighted by molar-refractivity contribution is 5.89. The first-order chi connectivity index (χ1) is 9.87. The lowest BCUT2D eigenvalue weighted by molar-refractivity contribution is -0.225. The van der Waals surface area contributed by atoms with Crippen LogP contribution in [0.3, 0.4) is 0 Å². The largest absolute Gasteiger partial charge is 0.396 e. The first kappa shape index (κ1) is 15.3. The molecule has 1 saturated heterocycles. The molecule has 120 valence electrons. The summed E-state index contributed by atoms with van der Waals surface area (Å²) in [6.45, 7) is 5.69. The topological polar surface area (TPSA) is 84.6 Å². The summed E-state index contributed by atoms with van der Waals surface area (Å²) in [6, 6.07) is 0. The first-order valence-corrected chi connectivity index (χ1v) is 8.17. The van der Waals surface area contributed by atoms with Gasteiger partial charge in [0.05, 0.1) is 6.10 Å². The van der Waals surface area contributed by atoms with Crippen LogP contribution in [0.15, 0.2) is 0 Å². The standard InChI is InChI=1S/C16H28N2O3/c1-14(2)12-11(4-3-9-21-12)16(14,17)13(20)18-10-15(5-6-15)7-8-19/h11-12,19H,3-10,17H2,1-2H3,(H,18,20). The third-order valence-corrected chi connectivity index (χ3v) is 6.28. The molecule has 5 nitrogen and oxygen atoms in total. The van der Waals surface area contributed by atoms with Crippen molar-refractivity contribution in [2.45, 2.75) is 57.6 Å². The summed E-state index contributed by atoms with van der Waals surface area (Å²) >= 11 is 0. The molecule has 21 heavy (non-hydrogen) atoms. The maximum atomic E-state index is 12.7. The third-order valence-electron chi connectivity index (χ3n) is 6.28. The van der Waals surface area contributed by atoms with Crippen molar-refractivity contribution in [1.29, 1.82) is 0 Å². The van der Waals surface area contributed by atoms with Gasteiger partial charge in [-0.15, -0.1) is 0 Å². The summed E-state index contributed by atoms with van der Waals surface area (Å²) < 4.78 is 5.84. The number of fused-ring (bicyclic) bond motifs is 1. The van der Waals surface area contributed by atoms with Crippen molar-refractivity contribution in [3.8, 4) is 0 Å². The average Bonchev–Trinajstić information content (AvgIpc) is 3.24. The van der Waals surface area contributed by atoms with E-state index in [2.05, 4.69) is 5.32 Å². The third kappa shape index (κ3) is 2.13. The van der Waals surface area contributed by atoms with Crippen molar-refractivity contribution in [3.05, 3.63) is 0 Å². The molecule has 3 rings (SSSR count). The van der Waals surface area contributed by atoms with Crippen LogP contribution in [0.5, 0.6) is 0 Å². The van der Waals surface area contributed by atoms with E-state index in [1.54, 1.807) is 0 Å². The molecule has 3 unspecified atom stereocenters. The molecule has 0 aromatic heterocycles. The quantitative estimate of drug-likeness (QED) is 0.700. The van der Waals surface area contributed by atoms with E-state index in [9.17, 15) is 4.79 Å². The van der Waals surface area contributed by atoms with Gasteiger partial charge in [-0.05, 0) is 37.5 Å². The molecule has 3 aliphatic rings. The number of ether oxygens (including phenoxy) is 1. The molecule has 5 heteroatoms. The minimum absolute atomic E-state index is 0.0385. The van der Waals surface area contributed by atoms with E-state index in [-0.39, 0.29) is 35.4 Å². The number of rotatable bonds is 5. The Morgan fingerprint density at radius 2 is 2.14 bits per heavy atom. The summed E-state index contributed by atoms with van der Waals surface area (Å²) in [7, 11) is 0. The Morgan fingerprint density at radius 1 is 1.43 bits per heavy atom. The molecule has 0 radical (unpaired) electrons. The molecule has 1 heterocycles. The fraction of sp³-hybridized carbons (Fsp3) is 0.938. The fourth-order valence-electron chi connectivity index (χ4n) is 4.38. The van der Waals surface area contributed by atoms with Gasteiger partial charge in [-0.25, -0.2) is 0 Å². The summed E-state index contributed by atoms with van der Waals surface area (Å²) in [5.41, 5.74) is 5.53. The number of carbonyl (C=O) groups is 1. The van der Waals surface area contributed by atoms with Gasteiger partial charge in [0.15, 0.2) is 0 Å². The Hall–Kier alpha value is -0.650. The zero-order valence-corrected chi connectivity index (χ0v) is 13.2. The summed E-state index contributed by atoms with van der Waals surface area (Å²) in [6.07, 6.45) is 5.00. The number of hydrogen-bond acceptors (Lipinski definition) is 4. The van der Waals surface area contributed by atoms with E-state index in [0.29, 0.717) is 6.54 Å². The van der Waals surface area contributed by atoms with Crippen LogP contribution in [0.2, 0.25) is 0 Å². The lowest BCUT2D eigenvalue weighted by atomic mass is 9.46. The van der Waals surface area contributed by atoms with Crippen LogP contribution >= 0.6 is 0 Å². The Labute approximate surface area is 126 Å². The Kier molecular flexibility index (Phi) is 3.58. The molecule has 0 aromatic rings. The number of aliphatic hydroxyl groups excluding tert-OH is 1. The highest BCUT2D eigenvalue weighted by Crippen LogP contribution is 2.57. The van der Waals surface area contributed by atoms with Gasteiger partial charge in [0, 0.05) is 31.1 Å². The van der Waals surface area contributed by atoms with Crippen molar-refractivity contribution < 1.29 is 14.6 Å². The second kappa shape index (κ2) is 4.93. The van der Waals surface area contributed by atoms with E-state index >= 15 is 0 Å². The summed E-state index contributed by atoms with van der Waals surface area (Å²) in [4.78, 5) is 12.7. The normalized spacial score (nSPS) is 39.0. The lowest BCUT2D eigenvalue weighted by Crippen LogP contribution is -2.82. The molecule has 0 aromatic carbocycles. The fourth-order valence-corrected chi connectivity index (χ4v) is 4.38. The molecule has 3 fully saturated rings. The number of hydrogen-bond donors (Lipinski definition) is 3. The van der Waals surface area contributed by atoms with Gasteiger partial charge in [0.1, 0.15) is 5.54 Å². The number of amides is 1. The van der Waals surface area contributed by atoms with Crippen molar-refractivity contribution in [2.24, 2.45) is 22.5 Å². The number of nitrogens with one attached hydrogen (secondary N) is 1. The Bertz CT molecular complexity index is 433. The number of nitrogens with two attached hydrogens (primary N) is 1. The zero-order chi connectivity index (χ0) is 15.3. The molecular weight excluding hydrogens is 268 g/mol. The Morgan fingerprint density at radius 3 is 2.76 bits per heavy atom. The van der Waals surface area contributed by atoms with Gasteiger partial charge >= 0.3 is 0 Å². The van der Waals surface area contributed by atoms with Crippen LogP contribution in [-0.4, -0.2) is 42.4 Å². The lowest BCUT2D eigenvalue weighted by Gasteiger charge is -2.65. The zero-order valence-electron chi connectivity index (χ0n) is 13.2. The van der Waals surface area contributed by atoms with Crippen LogP contribution in [0.1, 0.15) is 46.0 Å². The molecule has 0 bridgehead atoms. The van der Waals surface area contributed by atoms with Crippen LogP contribution in [0, 0.1) is 16.7 Å². The van der Waals surface area contributed by atoms with Crippen molar-refractivity contribution in [1.82, 2.24) is 5.32 Å². The molecule has 0 spiro atoms. The van der Waals surface area contributed by atoms with Crippen LogP contribution < -0.4 is 11.1 Å². The van der Waals surface area contributed by atoms with E-state index < -0.39 is 5.54 Å². The molecular formula is C16H28N2O3. The molecule has 2 saturated carbocycles. The van der Waals surface area contributed by atoms with Crippen LogP contribution in [0.25, 0.3) is 0 Å². The first-order valence-electron chi connectivity index (χ1n) is 8.17. The number of carbonyl (C=O) groups excluding carboxylic acids is 1. The molecule has 2 aliphatic carbocycles. The SMILES string of the molecule is CC1(C)C2OCCCC2C1(N)C(=O)NCC1(CCO)CC1. The predicted octanol–water partition coefficient (Wildman–Crippen LogP) is 0.798. The predicted molar refractivity (Wildman–Crippen MR) is 79.5 cm³/mol.